The number of carbonyl (C=O) groups excluding carboxylic acids is 2. The summed E-state index contributed by atoms with van der Waals surface area (Å²) < 4.78 is 12.1. The van der Waals surface area contributed by atoms with E-state index in [4.69, 9.17) is 9.47 Å². The molecule has 3 aliphatic rings. The zero-order valence-electron chi connectivity index (χ0n) is 15.2. The van der Waals surface area contributed by atoms with Gasteiger partial charge in [-0.05, 0) is 40.9 Å². The first-order valence-electron chi connectivity index (χ1n) is 9.55. The average molecular weight is 438 g/mol. The summed E-state index contributed by atoms with van der Waals surface area (Å²) in [6.45, 7) is 3.14. The molecule has 27 heavy (non-hydrogen) atoms. The number of hydrogen-bond donors (Lipinski definition) is 0. The van der Waals surface area contributed by atoms with Crippen LogP contribution in [0, 0.1) is 5.92 Å². The number of rotatable bonds is 4. The van der Waals surface area contributed by atoms with Crippen LogP contribution in [0.15, 0.2) is 22.8 Å². The lowest BCUT2D eigenvalue weighted by atomic mass is 10.1. The molecule has 0 saturated carbocycles. The predicted molar refractivity (Wildman–Crippen MR) is 101 cm³/mol. The predicted octanol–water partition coefficient (Wildman–Crippen LogP) is 1.85. The molecule has 3 fully saturated rings. The molecule has 0 aliphatic carbocycles. The second-order valence-corrected chi connectivity index (χ2v) is 8.25. The number of aromatic nitrogens is 1. The molecule has 4 heterocycles. The minimum Gasteiger partial charge on any atom is -0.472 e. The summed E-state index contributed by atoms with van der Waals surface area (Å²) in [7, 11) is 0. The fraction of sp³-hybridized carbons (Fsp3) is 0.632. The first kappa shape index (κ1) is 18.7. The minimum absolute atomic E-state index is 0.0659. The third-order valence-electron chi connectivity index (χ3n) is 5.60. The monoisotopic (exact) mass is 437 g/mol. The van der Waals surface area contributed by atoms with Crippen LogP contribution in [-0.2, 0) is 14.3 Å². The van der Waals surface area contributed by atoms with Crippen molar-refractivity contribution in [1.29, 1.82) is 0 Å². The van der Waals surface area contributed by atoms with Crippen LogP contribution in [0.4, 0.5) is 0 Å². The molecule has 1 aromatic heterocycles. The maximum Gasteiger partial charge on any atom is 0.228 e. The highest BCUT2D eigenvalue weighted by atomic mass is 79.9. The number of amides is 2. The Kier molecular flexibility index (Phi) is 5.63. The second-order valence-electron chi connectivity index (χ2n) is 7.39. The number of pyridine rings is 1. The number of likely N-dealkylation sites (tertiary alicyclic amines) is 2. The van der Waals surface area contributed by atoms with Gasteiger partial charge in [-0.3, -0.25) is 9.59 Å². The standard InChI is InChI=1S/C19H24BrN3O4/c20-16-2-1-6-21-18(16)27-15-3-7-22(12-15)19(25)13-10-17(24)23(11-13)14-4-8-26-9-5-14/h1-2,6,13-15H,3-5,7-12H2. The van der Waals surface area contributed by atoms with Crippen LogP contribution in [0.3, 0.4) is 0 Å². The molecular weight excluding hydrogens is 414 g/mol. The van der Waals surface area contributed by atoms with Crippen LogP contribution in [0.1, 0.15) is 25.7 Å². The van der Waals surface area contributed by atoms with Gasteiger partial charge in [0, 0.05) is 51.4 Å². The van der Waals surface area contributed by atoms with E-state index in [1.165, 1.54) is 0 Å². The zero-order chi connectivity index (χ0) is 18.8. The Morgan fingerprint density at radius 3 is 2.85 bits per heavy atom. The van der Waals surface area contributed by atoms with Crippen LogP contribution in [0.5, 0.6) is 5.88 Å². The minimum atomic E-state index is -0.235. The van der Waals surface area contributed by atoms with E-state index in [-0.39, 0.29) is 29.9 Å². The van der Waals surface area contributed by atoms with E-state index in [1.807, 2.05) is 21.9 Å². The number of halogens is 1. The SMILES string of the molecule is O=C(C1CC(=O)N(C2CCOCC2)C1)N1CCC(Oc2ncccc2Br)C1. The Bertz CT molecular complexity index is 710. The zero-order valence-corrected chi connectivity index (χ0v) is 16.8. The van der Waals surface area contributed by atoms with Crippen molar-refractivity contribution in [2.45, 2.75) is 37.8 Å². The Labute approximate surface area is 167 Å². The number of nitrogens with zero attached hydrogens (tertiary/aromatic N) is 3. The van der Waals surface area contributed by atoms with Crippen molar-refractivity contribution in [3.63, 3.8) is 0 Å². The quantitative estimate of drug-likeness (QED) is 0.718. The summed E-state index contributed by atoms with van der Waals surface area (Å²) in [6.07, 6.45) is 4.45. The van der Waals surface area contributed by atoms with Crippen molar-refractivity contribution in [1.82, 2.24) is 14.8 Å². The third kappa shape index (κ3) is 4.11. The topological polar surface area (TPSA) is 72.0 Å². The van der Waals surface area contributed by atoms with Gasteiger partial charge in [0.05, 0.1) is 16.9 Å². The maximum absolute atomic E-state index is 12.9. The Balaban J connectivity index is 1.32. The molecule has 0 spiro atoms. The average Bonchev–Trinajstić information content (AvgIpc) is 3.31. The fourth-order valence-electron chi connectivity index (χ4n) is 4.15. The number of hydrogen-bond acceptors (Lipinski definition) is 5. The van der Waals surface area contributed by atoms with Gasteiger partial charge in [0.2, 0.25) is 17.7 Å². The first-order valence-corrected chi connectivity index (χ1v) is 10.3. The molecule has 146 valence electrons. The van der Waals surface area contributed by atoms with Crippen LogP contribution in [-0.4, -0.2) is 71.6 Å². The summed E-state index contributed by atoms with van der Waals surface area (Å²) >= 11 is 3.43. The van der Waals surface area contributed by atoms with Gasteiger partial charge in [-0.15, -0.1) is 0 Å². The van der Waals surface area contributed by atoms with E-state index >= 15 is 0 Å². The van der Waals surface area contributed by atoms with Crippen molar-refractivity contribution in [3.8, 4) is 5.88 Å². The number of carbonyl (C=O) groups is 2. The molecular formula is C19H24BrN3O4. The van der Waals surface area contributed by atoms with Crippen LogP contribution < -0.4 is 4.74 Å². The molecule has 4 rings (SSSR count). The molecule has 0 radical (unpaired) electrons. The highest BCUT2D eigenvalue weighted by Crippen LogP contribution is 2.29. The number of ether oxygens (including phenoxy) is 2. The summed E-state index contributed by atoms with van der Waals surface area (Å²) in [6, 6.07) is 3.94. The summed E-state index contributed by atoms with van der Waals surface area (Å²) in [5.74, 6) is 0.493. The van der Waals surface area contributed by atoms with Crippen molar-refractivity contribution in [3.05, 3.63) is 22.8 Å². The van der Waals surface area contributed by atoms with Gasteiger partial charge in [0.15, 0.2) is 0 Å². The largest absolute Gasteiger partial charge is 0.472 e. The molecule has 3 aliphatic heterocycles. The van der Waals surface area contributed by atoms with Gasteiger partial charge in [0.1, 0.15) is 6.10 Å². The molecule has 3 saturated heterocycles. The van der Waals surface area contributed by atoms with Crippen molar-refractivity contribution >= 4 is 27.7 Å². The van der Waals surface area contributed by atoms with E-state index in [0.717, 1.165) is 23.7 Å². The summed E-state index contributed by atoms with van der Waals surface area (Å²) in [5, 5.41) is 0. The van der Waals surface area contributed by atoms with E-state index in [0.29, 0.717) is 45.1 Å². The van der Waals surface area contributed by atoms with E-state index in [9.17, 15) is 9.59 Å². The summed E-state index contributed by atoms with van der Waals surface area (Å²) in [5.41, 5.74) is 0. The molecule has 1 aromatic rings. The maximum atomic E-state index is 12.9. The highest BCUT2D eigenvalue weighted by molar-refractivity contribution is 9.10. The summed E-state index contributed by atoms with van der Waals surface area (Å²) in [4.78, 5) is 33.3. The molecule has 0 N–H and O–H groups in total. The van der Waals surface area contributed by atoms with Crippen molar-refractivity contribution in [2.75, 3.05) is 32.8 Å². The molecule has 0 aromatic carbocycles. The molecule has 2 amide bonds. The van der Waals surface area contributed by atoms with Gasteiger partial charge in [-0.2, -0.15) is 0 Å². The van der Waals surface area contributed by atoms with Gasteiger partial charge in [-0.25, -0.2) is 4.98 Å². The second kappa shape index (κ2) is 8.14. The van der Waals surface area contributed by atoms with Crippen molar-refractivity contribution < 1.29 is 19.1 Å². The van der Waals surface area contributed by atoms with E-state index < -0.39 is 0 Å². The van der Waals surface area contributed by atoms with Crippen LogP contribution in [0.25, 0.3) is 0 Å². The molecule has 0 bridgehead atoms. The molecule has 2 unspecified atom stereocenters. The van der Waals surface area contributed by atoms with Crippen LogP contribution >= 0.6 is 15.9 Å². The lowest BCUT2D eigenvalue weighted by molar-refractivity contribution is -0.135. The van der Waals surface area contributed by atoms with Crippen LogP contribution in [0.2, 0.25) is 0 Å². The van der Waals surface area contributed by atoms with E-state index in [1.54, 1.807) is 6.20 Å². The highest BCUT2D eigenvalue weighted by Gasteiger charge is 2.41. The van der Waals surface area contributed by atoms with Gasteiger partial charge < -0.3 is 19.3 Å². The Hall–Kier alpha value is -1.67. The smallest absolute Gasteiger partial charge is 0.228 e. The van der Waals surface area contributed by atoms with Gasteiger partial charge in [0.25, 0.3) is 0 Å². The molecule has 8 heteroatoms. The van der Waals surface area contributed by atoms with Gasteiger partial charge >= 0.3 is 0 Å². The third-order valence-corrected chi connectivity index (χ3v) is 6.20. The fourth-order valence-corrected chi connectivity index (χ4v) is 4.49. The van der Waals surface area contributed by atoms with E-state index in [2.05, 4.69) is 20.9 Å². The first-order chi connectivity index (χ1) is 13.1. The molecule has 2 atom stereocenters. The van der Waals surface area contributed by atoms with Gasteiger partial charge in [-0.1, -0.05) is 0 Å². The van der Waals surface area contributed by atoms with Crippen molar-refractivity contribution in [2.24, 2.45) is 5.92 Å². The lowest BCUT2D eigenvalue weighted by Crippen LogP contribution is -2.42. The normalized spacial score (nSPS) is 26.6. The lowest BCUT2D eigenvalue weighted by Gasteiger charge is -2.31. The molecule has 7 nitrogen and oxygen atoms in total. The Morgan fingerprint density at radius 1 is 1.26 bits per heavy atom. The Morgan fingerprint density at radius 2 is 2.07 bits per heavy atom.